The van der Waals surface area contributed by atoms with Gasteiger partial charge in [-0.2, -0.15) is 0 Å². The number of nitrogens with zero attached hydrogens (tertiary/aromatic N) is 2. The van der Waals surface area contributed by atoms with E-state index in [0.29, 0.717) is 12.4 Å². The lowest BCUT2D eigenvalue weighted by Gasteiger charge is -2.13. The second-order valence-electron chi connectivity index (χ2n) is 7.74. The van der Waals surface area contributed by atoms with E-state index in [1.54, 1.807) is 13.2 Å². The van der Waals surface area contributed by atoms with Gasteiger partial charge in [0.25, 0.3) is 0 Å². The Morgan fingerprint density at radius 3 is 2.70 bits per heavy atom. The van der Waals surface area contributed by atoms with Gasteiger partial charge in [0.2, 0.25) is 5.89 Å². The van der Waals surface area contributed by atoms with E-state index in [2.05, 4.69) is 77.6 Å². The summed E-state index contributed by atoms with van der Waals surface area (Å²) in [6.45, 7) is 9.74. The van der Waals surface area contributed by atoms with Crippen molar-refractivity contribution in [3.63, 3.8) is 0 Å². The standard InChI is InChI=1S/C21H29N5O/c1-14-15(16-8-6-7-9-17(16)26-14)10-11-23-20(22-5)25-13-19-24-12-18(27-19)21(2,3)4/h6-9,12,26H,10-11,13H2,1-5H3,(H2,22,23,25). The molecule has 0 spiro atoms. The van der Waals surface area contributed by atoms with Crippen molar-refractivity contribution in [2.24, 2.45) is 4.99 Å². The minimum atomic E-state index is -0.0393. The number of hydrogen-bond donors (Lipinski definition) is 3. The highest BCUT2D eigenvalue weighted by molar-refractivity contribution is 5.84. The van der Waals surface area contributed by atoms with Crippen LogP contribution in [0, 0.1) is 6.92 Å². The summed E-state index contributed by atoms with van der Waals surface area (Å²) in [6.07, 6.45) is 2.72. The lowest BCUT2D eigenvalue weighted by atomic mass is 9.94. The highest BCUT2D eigenvalue weighted by atomic mass is 16.4. The topological polar surface area (TPSA) is 78.2 Å². The lowest BCUT2D eigenvalue weighted by Crippen LogP contribution is -2.38. The van der Waals surface area contributed by atoms with E-state index in [9.17, 15) is 0 Å². The number of aliphatic imine (C=N–C) groups is 1. The van der Waals surface area contributed by atoms with Crippen molar-refractivity contribution in [3.8, 4) is 0 Å². The van der Waals surface area contributed by atoms with E-state index >= 15 is 0 Å². The van der Waals surface area contributed by atoms with Crippen LogP contribution < -0.4 is 10.6 Å². The molecule has 0 atom stereocenters. The van der Waals surface area contributed by atoms with Crippen LogP contribution in [0.25, 0.3) is 10.9 Å². The Hall–Kier alpha value is -2.76. The molecular formula is C21H29N5O. The first kappa shape index (κ1) is 19.0. The van der Waals surface area contributed by atoms with Crippen molar-refractivity contribution in [2.75, 3.05) is 13.6 Å². The number of H-pyrrole nitrogens is 1. The summed E-state index contributed by atoms with van der Waals surface area (Å²) >= 11 is 0. The Labute approximate surface area is 160 Å². The molecule has 1 aromatic carbocycles. The Bertz CT molecular complexity index is 930. The summed E-state index contributed by atoms with van der Waals surface area (Å²) in [6, 6.07) is 8.41. The molecule has 0 amide bonds. The first-order chi connectivity index (χ1) is 12.9. The van der Waals surface area contributed by atoms with Crippen LogP contribution in [0.15, 0.2) is 39.9 Å². The molecular weight excluding hydrogens is 338 g/mol. The van der Waals surface area contributed by atoms with Crippen LogP contribution in [0.5, 0.6) is 0 Å². The molecule has 0 saturated carbocycles. The van der Waals surface area contributed by atoms with Gasteiger partial charge < -0.3 is 20.0 Å². The molecule has 3 N–H and O–H groups in total. The molecule has 0 saturated heterocycles. The van der Waals surface area contributed by atoms with Crippen LogP contribution in [-0.4, -0.2) is 29.5 Å². The monoisotopic (exact) mass is 367 g/mol. The van der Waals surface area contributed by atoms with E-state index < -0.39 is 0 Å². The number of aryl methyl sites for hydroxylation is 1. The predicted octanol–water partition coefficient (Wildman–Crippen LogP) is 3.67. The molecule has 2 heterocycles. The summed E-state index contributed by atoms with van der Waals surface area (Å²) in [5, 5.41) is 7.91. The highest BCUT2D eigenvalue weighted by Gasteiger charge is 2.19. The molecule has 0 aliphatic heterocycles. The van der Waals surface area contributed by atoms with Gasteiger partial charge in [0.1, 0.15) is 5.76 Å². The summed E-state index contributed by atoms with van der Waals surface area (Å²) in [5.41, 5.74) is 3.71. The van der Waals surface area contributed by atoms with Crippen molar-refractivity contribution in [2.45, 2.75) is 46.1 Å². The molecule has 0 bridgehead atoms. The second-order valence-corrected chi connectivity index (χ2v) is 7.74. The molecule has 6 heteroatoms. The van der Waals surface area contributed by atoms with Gasteiger partial charge in [-0.25, -0.2) is 4.98 Å². The number of guanidine groups is 1. The van der Waals surface area contributed by atoms with Gasteiger partial charge in [0.05, 0.1) is 12.7 Å². The van der Waals surface area contributed by atoms with Gasteiger partial charge in [-0.15, -0.1) is 0 Å². The van der Waals surface area contributed by atoms with Gasteiger partial charge in [-0.05, 0) is 25.0 Å². The normalized spacial score (nSPS) is 12.6. The smallest absolute Gasteiger partial charge is 0.213 e. The summed E-state index contributed by atoms with van der Waals surface area (Å²) < 4.78 is 5.81. The number of oxazole rings is 1. The maximum absolute atomic E-state index is 5.81. The molecule has 6 nitrogen and oxygen atoms in total. The summed E-state index contributed by atoms with van der Waals surface area (Å²) in [5.74, 6) is 2.29. The van der Waals surface area contributed by atoms with E-state index in [0.717, 1.165) is 24.7 Å². The van der Waals surface area contributed by atoms with Crippen molar-refractivity contribution >= 4 is 16.9 Å². The van der Waals surface area contributed by atoms with Crippen LogP contribution in [-0.2, 0) is 18.4 Å². The fourth-order valence-electron chi connectivity index (χ4n) is 3.08. The third kappa shape index (κ3) is 4.51. The predicted molar refractivity (Wildman–Crippen MR) is 110 cm³/mol. The van der Waals surface area contributed by atoms with E-state index in [1.165, 1.54) is 22.2 Å². The Balaban J connectivity index is 1.53. The van der Waals surface area contributed by atoms with Crippen molar-refractivity contribution in [3.05, 3.63) is 53.4 Å². The number of nitrogens with one attached hydrogen (secondary N) is 3. The van der Waals surface area contributed by atoms with E-state index in [4.69, 9.17) is 4.42 Å². The number of rotatable bonds is 5. The van der Waals surface area contributed by atoms with Gasteiger partial charge >= 0.3 is 0 Å². The Morgan fingerprint density at radius 1 is 1.22 bits per heavy atom. The van der Waals surface area contributed by atoms with Crippen molar-refractivity contribution in [1.82, 2.24) is 20.6 Å². The molecule has 0 aliphatic carbocycles. The first-order valence-electron chi connectivity index (χ1n) is 9.34. The zero-order valence-corrected chi connectivity index (χ0v) is 16.8. The highest BCUT2D eigenvalue weighted by Crippen LogP contribution is 2.23. The van der Waals surface area contributed by atoms with E-state index in [-0.39, 0.29) is 5.41 Å². The Kier molecular flexibility index (Phi) is 5.54. The number of aromatic amines is 1. The molecule has 0 aliphatic rings. The van der Waals surface area contributed by atoms with Gasteiger partial charge in [0, 0.05) is 35.6 Å². The third-order valence-corrected chi connectivity index (χ3v) is 4.62. The maximum Gasteiger partial charge on any atom is 0.213 e. The van der Waals surface area contributed by atoms with Gasteiger partial charge in [0.15, 0.2) is 5.96 Å². The molecule has 2 aromatic heterocycles. The largest absolute Gasteiger partial charge is 0.443 e. The van der Waals surface area contributed by atoms with Gasteiger partial charge in [-0.3, -0.25) is 4.99 Å². The fraction of sp³-hybridized carbons (Fsp3) is 0.429. The minimum absolute atomic E-state index is 0.0393. The zero-order chi connectivity index (χ0) is 19.4. The first-order valence-corrected chi connectivity index (χ1v) is 9.34. The van der Waals surface area contributed by atoms with Crippen LogP contribution in [0.2, 0.25) is 0 Å². The number of aromatic nitrogens is 2. The molecule has 0 radical (unpaired) electrons. The number of hydrogen-bond acceptors (Lipinski definition) is 3. The molecule has 144 valence electrons. The second kappa shape index (κ2) is 7.86. The number of benzene rings is 1. The third-order valence-electron chi connectivity index (χ3n) is 4.62. The summed E-state index contributed by atoms with van der Waals surface area (Å²) in [4.78, 5) is 12.1. The SMILES string of the molecule is CN=C(NCCc1c(C)[nH]c2ccccc12)NCc1ncc(C(C)(C)C)o1. The number of fused-ring (bicyclic) bond motifs is 1. The number of para-hydroxylation sites is 1. The molecule has 0 fully saturated rings. The minimum Gasteiger partial charge on any atom is -0.443 e. The summed E-state index contributed by atoms with van der Waals surface area (Å²) in [7, 11) is 1.77. The average Bonchev–Trinajstić information content (AvgIpc) is 3.22. The average molecular weight is 367 g/mol. The van der Waals surface area contributed by atoms with Crippen LogP contribution in [0.4, 0.5) is 0 Å². The fourth-order valence-corrected chi connectivity index (χ4v) is 3.08. The van der Waals surface area contributed by atoms with Crippen LogP contribution in [0.3, 0.4) is 0 Å². The molecule has 3 rings (SSSR count). The molecule has 0 unspecified atom stereocenters. The molecule has 27 heavy (non-hydrogen) atoms. The van der Waals surface area contributed by atoms with Crippen molar-refractivity contribution in [1.29, 1.82) is 0 Å². The lowest BCUT2D eigenvalue weighted by molar-refractivity contribution is 0.379. The van der Waals surface area contributed by atoms with Gasteiger partial charge in [-0.1, -0.05) is 39.0 Å². The van der Waals surface area contributed by atoms with Crippen LogP contribution in [0.1, 0.15) is 43.7 Å². The van der Waals surface area contributed by atoms with Crippen LogP contribution >= 0.6 is 0 Å². The Morgan fingerprint density at radius 2 is 2.00 bits per heavy atom. The van der Waals surface area contributed by atoms with Crippen molar-refractivity contribution < 1.29 is 4.42 Å². The molecule has 3 aromatic rings. The zero-order valence-electron chi connectivity index (χ0n) is 16.8. The maximum atomic E-state index is 5.81. The quantitative estimate of drug-likeness (QED) is 0.475. The van der Waals surface area contributed by atoms with E-state index in [1.807, 2.05) is 0 Å².